The molecule has 8 heteroatoms. The largest absolute Gasteiger partial charge is 0.372 e. The zero-order valence-corrected chi connectivity index (χ0v) is 10.5. The van der Waals surface area contributed by atoms with Gasteiger partial charge in [-0.2, -0.15) is 4.37 Å². The Morgan fingerprint density at radius 2 is 2.35 bits per heavy atom. The van der Waals surface area contributed by atoms with Crippen molar-refractivity contribution in [2.24, 2.45) is 0 Å². The maximum atomic E-state index is 4.47. The molecule has 0 aromatic carbocycles. The lowest BCUT2D eigenvalue weighted by atomic mass is 10.6. The molecule has 0 aliphatic rings. The minimum absolute atomic E-state index is 0.794. The van der Waals surface area contributed by atoms with Gasteiger partial charge in [0.15, 0.2) is 9.99 Å². The van der Waals surface area contributed by atoms with E-state index in [1.807, 2.05) is 23.8 Å². The van der Waals surface area contributed by atoms with Crippen LogP contribution in [-0.2, 0) is 0 Å². The first kappa shape index (κ1) is 10.5. The van der Waals surface area contributed by atoms with Gasteiger partial charge >= 0.3 is 0 Å². The van der Waals surface area contributed by atoms with Crippen LogP contribution >= 0.6 is 23.3 Å². The lowest BCUT2D eigenvalue weighted by Gasteiger charge is -2.04. The highest BCUT2D eigenvalue weighted by atomic mass is 32.2. The smallest absolute Gasteiger partial charge is 0.176 e. The first-order valence-corrected chi connectivity index (χ1v) is 6.42. The first-order valence-electron chi connectivity index (χ1n) is 4.83. The lowest BCUT2D eigenvalue weighted by molar-refractivity contribution is 1.03. The van der Waals surface area contributed by atoms with E-state index in [1.54, 1.807) is 6.20 Å². The molecule has 0 fully saturated rings. The Morgan fingerprint density at radius 1 is 1.41 bits per heavy atom. The Bertz CT molecular complexity index is 632. The van der Waals surface area contributed by atoms with Crippen LogP contribution < -0.4 is 5.32 Å². The monoisotopic (exact) mass is 264 g/mol. The molecule has 6 nitrogen and oxygen atoms in total. The number of aromatic nitrogens is 5. The number of nitrogens with zero attached hydrogens (tertiary/aromatic N) is 5. The minimum Gasteiger partial charge on any atom is -0.372 e. The van der Waals surface area contributed by atoms with Gasteiger partial charge in [-0.05, 0) is 23.3 Å². The van der Waals surface area contributed by atoms with E-state index < -0.39 is 0 Å². The van der Waals surface area contributed by atoms with Crippen molar-refractivity contribution in [3.8, 4) is 0 Å². The van der Waals surface area contributed by atoms with Gasteiger partial charge in [0, 0.05) is 19.4 Å². The van der Waals surface area contributed by atoms with Gasteiger partial charge in [-0.25, -0.2) is 15.0 Å². The third-order valence-electron chi connectivity index (χ3n) is 2.12. The molecule has 1 N–H and O–H groups in total. The second-order valence-electron chi connectivity index (χ2n) is 3.15. The van der Waals surface area contributed by atoms with Gasteiger partial charge < -0.3 is 9.72 Å². The zero-order chi connectivity index (χ0) is 11.7. The molecular weight excluding hydrogens is 256 g/mol. The van der Waals surface area contributed by atoms with Gasteiger partial charge in [0.1, 0.15) is 17.2 Å². The zero-order valence-electron chi connectivity index (χ0n) is 8.86. The molecule has 0 bridgehead atoms. The van der Waals surface area contributed by atoms with E-state index >= 15 is 0 Å². The topological polar surface area (TPSA) is 68.0 Å². The van der Waals surface area contributed by atoms with Crippen molar-refractivity contribution in [1.82, 2.24) is 23.7 Å². The quantitative estimate of drug-likeness (QED) is 0.777. The van der Waals surface area contributed by atoms with Crippen LogP contribution in [0.2, 0.25) is 0 Å². The summed E-state index contributed by atoms with van der Waals surface area (Å²) in [5.74, 6) is 0.794. The van der Waals surface area contributed by atoms with Crippen LogP contribution in [0.5, 0.6) is 0 Å². The average Bonchev–Trinajstić information content (AvgIpc) is 2.98. The van der Waals surface area contributed by atoms with Crippen LogP contribution in [0.4, 0.5) is 5.82 Å². The molecule has 3 aromatic rings. The van der Waals surface area contributed by atoms with Gasteiger partial charge in [0.2, 0.25) is 0 Å². The number of fused-ring (bicyclic) bond motifs is 1. The third kappa shape index (κ3) is 1.96. The van der Waals surface area contributed by atoms with Crippen molar-refractivity contribution in [2.45, 2.75) is 9.37 Å². The van der Waals surface area contributed by atoms with E-state index in [2.05, 4.69) is 24.6 Å². The third-order valence-corrected chi connectivity index (χ3v) is 3.81. The Balaban J connectivity index is 2.10. The number of hydrogen-bond acceptors (Lipinski definition) is 7. The Hall–Kier alpha value is -1.67. The van der Waals surface area contributed by atoms with Crippen molar-refractivity contribution in [2.75, 3.05) is 12.4 Å². The van der Waals surface area contributed by atoms with Crippen LogP contribution in [0.15, 0.2) is 34.3 Å². The molecule has 0 spiro atoms. The molecule has 0 amide bonds. The molecule has 0 aliphatic carbocycles. The van der Waals surface area contributed by atoms with Crippen LogP contribution in [0.25, 0.3) is 5.65 Å². The summed E-state index contributed by atoms with van der Waals surface area (Å²) in [4.78, 5) is 12.9. The van der Waals surface area contributed by atoms with Gasteiger partial charge in [-0.3, -0.25) is 0 Å². The Kier molecular flexibility index (Phi) is 2.65. The summed E-state index contributed by atoms with van der Waals surface area (Å²) in [6.07, 6.45) is 7.08. The number of anilines is 1. The fourth-order valence-corrected chi connectivity index (χ4v) is 2.83. The van der Waals surface area contributed by atoms with Gasteiger partial charge in [-0.15, -0.1) is 0 Å². The Labute approximate surface area is 105 Å². The summed E-state index contributed by atoms with van der Waals surface area (Å²) < 4.78 is 6.76. The van der Waals surface area contributed by atoms with E-state index in [9.17, 15) is 0 Å². The van der Waals surface area contributed by atoms with Crippen LogP contribution in [-0.4, -0.2) is 30.8 Å². The van der Waals surface area contributed by atoms with E-state index in [1.165, 1.54) is 29.6 Å². The van der Waals surface area contributed by atoms with E-state index in [0.29, 0.717) is 0 Å². The minimum atomic E-state index is 0.794. The summed E-state index contributed by atoms with van der Waals surface area (Å²) in [6.45, 7) is 0. The highest BCUT2D eigenvalue weighted by Gasteiger charge is 2.10. The molecule has 0 atom stereocenters. The second kappa shape index (κ2) is 4.30. The van der Waals surface area contributed by atoms with Gasteiger partial charge in [0.25, 0.3) is 0 Å². The summed E-state index contributed by atoms with van der Waals surface area (Å²) in [7, 11) is 1.84. The van der Waals surface area contributed by atoms with E-state index in [4.69, 9.17) is 0 Å². The summed E-state index contributed by atoms with van der Waals surface area (Å²) in [6, 6.07) is 0. The molecule has 0 radical (unpaired) electrons. The van der Waals surface area contributed by atoms with Crippen molar-refractivity contribution in [3.63, 3.8) is 0 Å². The Morgan fingerprint density at radius 3 is 3.12 bits per heavy atom. The SMILES string of the molecule is CNc1cn2ccnc2c(Sc2ncns2)n1. The van der Waals surface area contributed by atoms with Crippen molar-refractivity contribution in [1.29, 1.82) is 0 Å². The normalized spacial score (nSPS) is 10.9. The maximum Gasteiger partial charge on any atom is 0.176 e. The first-order chi connectivity index (χ1) is 8.36. The molecule has 86 valence electrons. The fraction of sp³-hybridized carbons (Fsp3) is 0.111. The number of hydrogen-bond donors (Lipinski definition) is 1. The molecule has 3 rings (SSSR count). The van der Waals surface area contributed by atoms with Crippen molar-refractivity contribution in [3.05, 3.63) is 24.9 Å². The number of imidazole rings is 1. The summed E-state index contributed by atoms with van der Waals surface area (Å²) >= 11 is 2.82. The highest BCUT2D eigenvalue weighted by Crippen LogP contribution is 2.30. The predicted molar refractivity (Wildman–Crippen MR) is 66.6 cm³/mol. The van der Waals surface area contributed by atoms with Crippen LogP contribution in [0.1, 0.15) is 0 Å². The second-order valence-corrected chi connectivity index (χ2v) is 5.16. The number of nitrogens with one attached hydrogen (secondary N) is 1. The molecule has 17 heavy (non-hydrogen) atoms. The molecule has 0 saturated heterocycles. The molecule has 3 aromatic heterocycles. The fourth-order valence-electron chi connectivity index (χ4n) is 1.38. The predicted octanol–water partition coefficient (Wildman–Crippen LogP) is 1.77. The van der Waals surface area contributed by atoms with E-state index in [-0.39, 0.29) is 0 Å². The summed E-state index contributed by atoms with van der Waals surface area (Å²) in [5, 5.41) is 3.84. The highest BCUT2D eigenvalue weighted by molar-refractivity contribution is 8.01. The van der Waals surface area contributed by atoms with Crippen LogP contribution in [0, 0.1) is 0 Å². The van der Waals surface area contributed by atoms with Gasteiger partial charge in [0.05, 0.1) is 6.20 Å². The average molecular weight is 264 g/mol. The number of rotatable bonds is 3. The van der Waals surface area contributed by atoms with E-state index in [0.717, 1.165) is 20.8 Å². The lowest BCUT2D eigenvalue weighted by Crippen LogP contribution is -1.98. The van der Waals surface area contributed by atoms with Gasteiger partial charge in [-0.1, -0.05) is 0 Å². The molecule has 0 saturated carbocycles. The molecule has 0 aliphatic heterocycles. The van der Waals surface area contributed by atoms with Crippen molar-refractivity contribution < 1.29 is 0 Å². The maximum absolute atomic E-state index is 4.47. The molecule has 0 unspecified atom stereocenters. The summed E-state index contributed by atoms with van der Waals surface area (Å²) in [5.41, 5.74) is 0.823. The molecular formula is C9H8N6S2. The standard InChI is InChI=1S/C9H8N6S2/c1-10-6-4-15-3-2-11-7(15)8(14-6)16-9-12-5-13-17-9/h2-5,10H,1H3. The van der Waals surface area contributed by atoms with Crippen LogP contribution in [0.3, 0.4) is 0 Å². The molecule has 3 heterocycles. The van der Waals surface area contributed by atoms with Crippen molar-refractivity contribution >= 4 is 34.8 Å².